The molecule has 0 bridgehead atoms. The third-order valence-electron chi connectivity index (χ3n) is 4.23. The van der Waals surface area contributed by atoms with Crippen LogP contribution >= 0.6 is 0 Å². The molecule has 0 aliphatic rings. The fraction of sp³-hybridized carbons (Fsp3) is 0.182. The fourth-order valence-electron chi connectivity index (χ4n) is 3.01. The lowest BCUT2D eigenvalue weighted by molar-refractivity contribution is -0.123. The summed E-state index contributed by atoms with van der Waals surface area (Å²) >= 11 is 0. The zero-order valence-corrected chi connectivity index (χ0v) is 15.1. The zero-order chi connectivity index (χ0) is 19.1. The van der Waals surface area contributed by atoms with Gasteiger partial charge >= 0.3 is 0 Å². The van der Waals surface area contributed by atoms with Crippen molar-refractivity contribution in [2.24, 2.45) is 0 Å². The number of rotatable bonds is 7. The van der Waals surface area contributed by atoms with E-state index in [1.54, 1.807) is 12.3 Å². The second kappa shape index (κ2) is 8.85. The first-order valence-electron chi connectivity index (χ1n) is 8.83. The molecule has 138 valence electrons. The van der Waals surface area contributed by atoms with Crippen LogP contribution in [0.4, 0.5) is 0 Å². The number of carbonyl (C=O) groups is 2. The van der Waals surface area contributed by atoms with Gasteiger partial charge in [0.2, 0.25) is 11.8 Å². The highest BCUT2D eigenvalue weighted by Gasteiger charge is 2.22. The summed E-state index contributed by atoms with van der Waals surface area (Å²) in [4.78, 5) is 24.4. The summed E-state index contributed by atoms with van der Waals surface area (Å²) in [5.74, 6) is 0.301. The van der Waals surface area contributed by atoms with Gasteiger partial charge in [-0.2, -0.15) is 0 Å². The monoisotopic (exact) mass is 362 g/mol. The van der Waals surface area contributed by atoms with Crippen LogP contribution < -0.4 is 10.6 Å². The Morgan fingerprint density at radius 2 is 1.48 bits per heavy atom. The lowest BCUT2D eigenvalue weighted by atomic mass is 10.0. The maximum atomic E-state index is 12.8. The highest BCUT2D eigenvalue weighted by atomic mass is 16.3. The van der Waals surface area contributed by atoms with Crippen molar-refractivity contribution in [3.63, 3.8) is 0 Å². The summed E-state index contributed by atoms with van der Waals surface area (Å²) < 4.78 is 5.52. The van der Waals surface area contributed by atoms with Crippen LogP contribution in [0.25, 0.3) is 0 Å². The third-order valence-corrected chi connectivity index (χ3v) is 4.23. The molecule has 0 aliphatic heterocycles. The van der Waals surface area contributed by atoms with Gasteiger partial charge in [-0.3, -0.25) is 9.59 Å². The normalized spacial score (nSPS) is 12.8. The second-order valence-electron chi connectivity index (χ2n) is 6.29. The van der Waals surface area contributed by atoms with E-state index in [1.807, 2.05) is 66.7 Å². The smallest absolute Gasteiger partial charge is 0.223 e. The molecule has 1 heterocycles. The Labute approximate surface area is 158 Å². The Morgan fingerprint density at radius 1 is 0.852 bits per heavy atom. The number of hydrogen-bond acceptors (Lipinski definition) is 3. The SMILES string of the molecule is CC(=O)NC(CC(=O)NC(c1ccccc1)c1ccco1)c1ccccc1. The zero-order valence-electron chi connectivity index (χ0n) is 15.1. The molecule has 3 aromatic rings. The average molecular weight is 362 g/mol. The first-order valence-corrected chi connectivity index (χ1v) is 8.83. The van der Waals surface area contributed by atoms with Crippen LogP contribution in [0.5, 0.6) is 0 Å². The summed E-state index contributed by atoms with van der Waals surface area (Å²) in [6.07, 6.45) is 1.72. The Kier molecular flexibility index (Phi) is 6.05. The Bertz CT molecular complexity index is 861. The number of nitrogens with one attached hydrogen (secondary N) is 2. The quantitative estimate of drug-likeness (QED) is 0.672. The van der Waals surface area contributed by atoms with Gasteiger partial charge in [-0.25, -0.2) is 0 Å². The van der Waals surface area contributed by atoms with Gasteiger partial charge in [0.25, 0.3) is 0 Å². The Morgan fingerprint density at radius 3 is 2.04 bits per heavy atom. The van der Waals surface area contributed by atoms with E-state index in [4.69, 9.17) is 4.42 Å². The van der Waals surface area contributed by atoms with Crippen molar-refractivity contribution in [1.82, 2.24) is 10.6 Å². The predicted molar refractivity (Wildman–Crippen MR) is 103 cm³/mol. The largest absolute Gasteiger partial charge is 0.467 e. The molecule has 0 radical (unpaired) electrons. The molecule has 5 heteroatoms. The fourth-order valence-corrected chi connectivity index (χ4v) is 3.01. The van der Waals surface area contributed by atoms with E-state index in [0.717, 1.165) is 11.1 Å². The van der Waals surface area contributed by atoms with Crippen LogP contribution in [0.3, 0.4) is 0 Å². The van der Waals surface area contributed by atoms with Gasteiger partial charge in [-0.15, -0.1) is 0 Å². The molecule has 2 amide bonds. The van der Waals surface area contributed by atoms with Crippen molar-refractivity contribution in [3.05, 3.63) is 95.9 Å². The molecule has 0 aliphatic carbocycles. The first kappa shape index (κ1) is 18.5. The van der Waals surface area contributed by atoms with Gasteiger partial charge < -0.3 is 15.1 Å². The van der Waals surface area contributed by atoms with E-state index in [-0.39, 0.29) is 24.3 Å². The topological polar surface area (TPSA) is 71.3 Å². The molecule has 2 N–H and O–H groups in total. The van der Waals surface area contributed by atoms with Crippen LogP contribution in [0.15, 0.2) is 83.5 Å². The summed E-state index contributed by atoms with van der Waals surface area (Å²) in [7, 11) is 0. The van der Waals surface area contributed by atoms with Crippen LogP contribution in [-0.2, 0) is 9.59 Å². The minimum atomic E-state index is -0.392. The molecule has 0 fully saturated rings. The molecule has 0 spiro atoms. The first-order chi connectivity index (χ1) is 13.1. The van der Waals surface area contributed by atoms with Crippen LogP contribution in [-0.4, -0.2) is 11.8 Å². The molecule has 2 aromatic carbocycles. The Balaban J connectivity index is 1.77. The van der Waals surface area contributed by atoms with Crippen molar-refractivity contribution in [1.29, 1.82) is 0 Å². The number of amides is 2. The van der Waals surface area contributed by atoms with Crippen LogP contribution in [0, 0.1) is 0 Å². The van der Waals surface area contributed by atoms with E-state index in [0.29, 0.717) is 5.76 Å². The minimum absolute atomic E-state index is 0.133. The van der Waals surface area contributed by atoms with Crippen molar-refractivity contribution in [2.45, 2.75) is 25.4 Å². The van der Waals surface area contributed by atoms with Gasteiger partial charge in [-0.05, 0) is 23.3 Å². The van der Waals surface area contributed by atoms with E-state index in [9.17, 15) is 9.59 Å². The average Bonchev–Trinajstić information content (AvgIpc) is 3.21. The predicted octanol–water partition coefficient (Wildman–Crippen LogP) is 3.75. The van der Waals surface area contributed by atoms with E-state index in [1.165, 1.54) is 6.92 Å². The van der Waals surface area contributed by atoms with Gasteiger partial charge in [0.1, 0.15) is 11.8 Å². The summed E-state index contributed by atoms with van der Waals surface area (Å²) in [5, 5.41) is 5.88. The third kappa shape index (κ3) is 5.07. The maximum Gasteiger partial charge on any atom is 0.223 e. The Hall–Kier alpha value is -3.34. The van der Waals surface area contributed by atoms with Crippen LogP contribution in [0.1, 0.15) is 42.3 Å². The van der Waals surface area contributed by atoms with Gasteiger partial charge in [0, 0.05) is 6.92 Å². The molecule has 0 saturated carbocycles. The van der Waals surface area contributed by atoms with Crippen molar-refractivity contribution < 1.29 is 14.0 Å². The van der Waals surface area contributed by atoms with Crippen molar-refractivity contribution in [2.75, 3.05) is 0 Å². The van der Waals surface area contributed by atoms with E-state index in [2.05, 4.69) is 10.6 Å². The molecule has 2 atom stereocenters. The number of hydrogen-bond donors (Lipinski definition) is 2. The highest BCUT2D eigenvalue weighted by Crippen LogP contribution is 2.24. The number of carbonyl (C=O) groups excluding carboxylic acids is 2. The molecular formula is C22H22N2O3. The molecule has 27 heavy (non-hydrogen) atoms. The minimum Gasteiger partial charge on any atom is -0.467 e. The summed E-state index contributed by atoms with van der Waals surface area (Å²) in [6, 6.07) is 22.0. The van der Waals surface area contributed by atoms with E-state index >= 15 is 0 Å². The molecule has 3 rings (SSSR count). The molecule has 5 nitrogen and oxygen atoms in total. The molecule has 1 aromatic heterocycles. The highest BCUT2D eigenvalue weighted by molar-refractivity contribution is 5.79. The molecule has 2 unspecified atom stereocenters. The lowest BCUT2D eigenvalue weighted by Crippen LogP contribution is -2.34. The van der Waals surface area contributed by atoms with Gasteiger partial charge in [-0.1, -0.05) is 60.7 Å². The van der Waals surface area contributed by atoms with Crippen LogP contribution in [0.2, 0.25) is 0 Å². The maximum absolute atomic E-state index is 12.8. The van der Waals surface area contributed by atoms with E-state index < -0.39 is 6.04 Å². The summed E-state index contributed by atoms with van der Waals surface area (Å²) in [5.41, 5.74) is 1.81. The van der Waals surface area contributed by atoms with Gasteiger partial charge in [0.15, 0.2) is 0 Å². The number of benzene rings is 2. The lowest BCUT2D eigenvalue weighted by Gasteiger charge is -2.21. The second-order valence-corrected chi connectivity index (χ2v) is 6.29. The standard InChI is InChI=1S/C22H22N2O3/c1-16(25)23-19(17-9-4-2-5-10-17)15-21(26)24-22(20-13-8-14-27-20)18-11-6-3-7-12-18/h2-14,19,22H,15H2,1H3,(H,23,25)(H,24,26). The van der Waals surface area contributed by atoms with Crippen molar-refractivity contribution in [3.8, 4) is 0 Å². The summed E-state index contributed by atoms with van der Waals surface area (Å²) in [6.45, 7) is 1.45. The number of furan rings is 1. The molecular weight excluding hydrogens is 340 g/mol. The van der Waals surface area contributed by atoms with Gasteiger partial charge in [0.05, 0.1) is 18.7 Å². The van der Waals surface area contributed by atoms with Crippen molar-refractivity contribution >= 4 is 11.8 Å². The molecule has 0 saturated heterocycles.